The van der Waals surface area contributed by atoms with Gasteiger partial charge in [-0.15, -0.1) is 0 Å². The van der Waals surface area contributed by atoms with Crippen molar-refractivity contribution in [3.05, 3.63) is 69.2 Å². The molecule has 30 heavy (non-hydrogen) atoms. The number of carbonyl (C=O) groups excluding carboxylic acids is 1. The number of carbonyl (C=O) groups is 1. The molecule has 0 aliphatic carbocycles. The maximum atomic E-state index is 12.6. The number of allylic oxidation sites excluding steroid dienone is 1. The predicted molar refractivity (Wildman–Crippen MR) is 126 cm³/mol. The Morgan fingerprint density at radius 2 is 1.93 bits per heavy atom. The minimum atomic E-state index is -0.539. The van der Waals surface area contributed by atoms with Crippen LogP contribution in [0.5, 0.6) is 0 Å². The van der Waals surface area contributed by atoms with Crippen LogP contribution >= 0.6 is 23.2 Å². The zero-order valence-corrected chi connectivity index (χ0v) is 18.9. The van der Waals surface area contributed by atoms with Gasteiger partial charge in [0.1, 0.15) is 11.6 Å². The minimum Gasteiger partial charge on any atom is -0.363 e. The molecule has 4 nitrogen and oxygen atoms in total. The van der Waals surface area contributed by atoms with E-state index in [1.807, 2.05) is 18.2 Å². The number of nitrogens with zero attached hydrogens (tertiary/aromatic N) is 2. The number of likely N-dealkylation sites (N-methyl/N-ethyl adjacent to an activating group) is 1. The van der Waals surface area contributed by atoms with Crippen molar-refractivity contribution in [1.82, 2.24) is 0 Å². The number of hydrogen-bond donors (Lipinski definition) is 1. The SMILES string of the molecule is CCN1c2cc(Cl)c(/C=C(\C#N)C(=O)Nc3ccccc3Cl)cc2C(C)=CC1(C)C. The molecule has 1 heterocycles. The molecule has 1 aliphatic rings. The summed E-state index contributed by atoms with van der Waals surface area (Å²) in [6, 6.07) is 12.7. The minimum absolute atomic E-state index is 0.0538. The summed E-state index contributed by atoms with van der Waals surface area (Å²) in [6.45, 7) is 9.33. The third-order valence-corrected chi connectivity index (χ3v) is 5.86. The number of halogens is 2. The Morgan fingerprint density at radius 3 is 2.57 bits per heavy atom. The largest absolute Gasteiger partial charge is 0.363 e. The van der Waals surface area contributed by atoms with Gasteiger partial charge < -0.3 is 10.2 Å². The van der Waals surface area contributed by atoms with E-state index in [0.29, 0.717) is 21.3 Å². The van der Waals surface area contributed by atoms with Gasteiger partial charge in [0.05, 0.1) is 16.2 Å². The molecular weight excluding hydrogens is 417 g/mol. The number of nitriles is 1. The lowest BCUT2D eigenvalue weighted by Crippen LogP contribution is -2.44. The molecule has 0 radical (unpaired) electrons. The average molecular weight is 440 g/mol. The Hall–Kier alpha value is -2.74. The Balaban J connectivity index is 2.01. The molecule has 6 heteroatoms. The van der Waals surface area contributed by atoms with E-state index in [2.05, 4.69) is 44.0 Å². The lowest BCUT2D eigenvalue weighted by atomic mass is 9.88. The molecule has 154 valence electrons. The first-order valence-electron chi connectivity index (χ1n) is 9.66. The highest BCUT2D eigenvalue weighted by Crippen LogP contribution is 2.41. The first kappa shape index (κ1) is 22.0. The molecule has 0 saturated carbocycles. The second-order valence-corrected chi connectivity index (χ2v) is 8.53. The number of para-hydroxylation sites is 1. The molecule has 2 aromatic rings. The summed E-state index contributed by atoms with van der Waals surface area (Å²) in [5.74, 6) is -0.539. The van der Waals surface area contributed by atoms with Gasteiger partial charge in [-0.3, -0.25) is 4.79 Å². The lowest BCUT2D eigenvalue weighted by molar-refractivity contribution is -0.112. The van der Waals surface area contributed by atoms with E-state index in [1.165, 1.54) is 6.08 Å². The van der Waals surface area contributed by atoms with Gasteiger partial charge in [-0.25, -0.2) is 0 Å². The number of rotatable bonds is 4. The van der Waals surface area contributed by atoms with E-state index in [-0.39, 0.29) is 11.1 Å². The standard InChI is InChI=1S/C24H23Cl2N3O/c1-5-29-22-12-20(26)16(11-18(22)15(2)13-24(29,3)4)10-17(14-27)23(30)28-21-9-7-6-8-19(21)25/h6-13H,5H2,1-4H3,(H,28,30)/b17-10+. The molecule has 0 saturated heterocycles. The van der Waals surface area contributed by atoms with Crippen molar-refractivity contribution in [1.29, 1.82) is 5.26 Å². The monoisotopic (exact) mass is 439 g/mol. The van der Waals surface area contributed by atoms with Gasteiger partial charge in [0.2, 0.25) is 0 Å². The van der Waals surface area contributed by atoms with Crippen molar-refractivity contribution >= 4 is 52.1 Å². The Morgan fingerprint density at radius 1 is 1.23 bits per heavy atom. The summed E-state index contributed by atoms with van der Waals surface area (Å²) in [4.78, 5) is 14.9. The predicted octanol–water partition coefficient (Wildman–Crippen LogP) is 6.56. The van der Waals surface area contributed by atoms with E-state index in [0.717, 1.165) is 23.4 Å². The molecule has 1 aliphatic heterocycles. The van der Waals surface area contributed by atoms with Crippen molar-refractivity contribution in [2.75, 3.05) is 16.8 Å². The van der Waals surface area contributed by atoms with Crippen LogP contribution in [-0.4, -0.2) is 18.0 Å². The van der Waals surface area contributed by atoms with Crippen molar-refractivity contribution < 1.29 is 4.79 Å². The van der Waals surface area contributed by atoms with Crippen molar-refractivity contribution in [3.8, 4) is 6.07 Å². The topological polar surface area (TPSA) is 56.1 Å². The quantitative estimate of drug-likeness (QED) is 0.433. The fourth-order valence-electron chi connectivity index (χ4n) is 3.86. The van der Waals surface area contributed by atoms with Gasteiger partial charge >= 0.3 is 0 Å². The van der Waals surface area contributed by atoms with Crippen LogP contribution in [0.4, 0.5) is 11.4 Å². The number of amides is 1. The van der Waals surface area contributed by atoms with Crippen LogP contribution < -0.4 is 10.2 Å². The van der Waals surface area contributed by atoms with Gasteiger partial charge in [-0.2, -0.15) is 5.26 Å². The zero-order chi connectivity index (χ0) is 22.1. The van der Waals surface area contributed by atoms with Crippen LogP contribution in [0.1, 0.15) is 38.8 Å². The van der Waals surface area contributed by atoms with Gasteiger partial charge in [-0.05, 0) is 69.2 Å². The first-order chi connectivity index (χ1) is 14.2. The maximum absolute atomic E-state index is 12.6. The van der Waals surface area contributed by atoms with E-state index in [4.69, 9.17) is 23.2 Å². The smallest absolute Gasteiger partial charge is 0.266 e. The van der Waals surface area contributed by atoms with Crippen LogP contribution in [-0.2, 0) is 4.79 Å². The molecular formula is C24H23Cl2N3O. The molecule has 0 atom stereocenters. The van der Waals surface area contributed by atoms with Crippen LogP contribution in [0.15, 0.2) is 48.0 Å². The summed E-state index contributed by atoms with van der Waals surface area (Å²) >= 11 is 12.7. The number of hydrogen-bond acceptors (Lipinski definition) is 3. The van der Waals surface area contributed by atoms with E-state index in [1.54, 1.807) is 24.3 Å². The highest BCUT2D eigenvalue weighted by molar-refractivity contribution is 6.34. The zero-order valence-electron chi connectivity index (χ0n) is 17.4. The van der Waals surface area contributed by atoms with Crippen molar-refractivity contribution in [2.45, 2.75) is 33.2 Å². The number of fused-ring (bicyclic) bond motifs is 1. The number of nitrogens with one attached hydrogen (secondary N) is 1. The summed E-state index contributed by atoms with van der Waals surface area (Å²) < 4.78 is 0. The van der Waals surface area contributed by atoms with Crippen LogP contribution in [0, 0.1) is 11.3 Å². The summed E-state index contributed by atoms with van der Waals surface area (Å²) in [6.07, 6.45) is 3.73. The molecule has 0 unspecified atom stereocenters. The van der Waals surface area contributed by atoms with Crippen molar-refractivity contribution in [3.63, 3.8) is 0 Å². The summed E-state index contributed by atoms with van der Waals surface area (Å²) in [5.41, 5.74) is 4.09. The normalized spacial score (nSPS) is 15.2. The van der Waals surface area contributed by atoms with Gasteiger partial charge in [-0.1, -0.05) is 41.4 Å². The van der Waals surface area contributed by atoms with Gasteiger partial charge in [0, 0.05) is 22.8 Å². The molecule has 1 amide bonds. The van der Waals surface area contributed by atoms with Gasteiger partial charge in [0.25, 0.3) is 5.91 Å². The number of anilines is 2. The summed E-state index contributed by atoms with van der Waals surface area (Å²) in [7, 11) is 0. The Bertz CT molecular complexity index is 1110. The molecule has 0 bridgehead atoms. The van der Waals surface area contributed by atoms with Gasteiger partial charge in [0.15, 0.2) is 0 Å². The van der Waals surface area contributed by atoms with E-state index >= 15 is 0 Å². The highest BCUT2D eigenvalue weighted by atomic mass is 35.5. The molecule has 0 fully saturated rings. The molecule has 0 aromatic heterocycles. The van der Waals surface area contributed by atoms with E-state index in [9.17, 15) is 10.1 Å². The van der Waals surface area contributed by atoms with E-state index < -0.39 is 5.91 Å². The number of benzene rings is 2. The first-order valence-corrected chi connectivity index (χ1v) is 10.4. The summed E-state index contributed by atoms with van der Waals surface area (Å²) in [5, 5.41) is 13.1. The average Bonchev–Trinajstić information content (AvgIpc) is 2.68. The highest BCUT2D eigenvalue weighted by Gasteiger charge is 2.30. The third kappa shape index (κ3) is 4.23. The third-order valence-electron chi connectivity index (χ3n) is 5.20. The second-order valence-electron chi connectivity index (χ2n) is 7.72. The lowest BCUT2D eigenvalue weighted by Gasteiger charge is -2.43. The molecule has 0 spiro atoms. The Kier molecular flexibility index (Phi) is 6.26. The van der Waals surface area contributed by atoms with Crippen LogP contribution in [0.3, 0.4) is 0 Å². The van der Waals surface area contributed by atoms with Crippen LogP contribution in [0.2, 0.25) is 10.0 Å². The molecule has 1 N–H and O–H groups in total. The van der Waals surface area contributed by atoms with Crippen molar-refractivity contribution in [2.24, 2.45) is 0 Å². The van der Waals surface area contributed by atoms with Crippen LogP contribution in [0.25, 0.3) is 11.6 Å². The fraction of sp³-hybridized carbons (Fsp3) is 0.250. The molecule has 3 rings (SSSR count). The Labute approximate surface area is 187 Å². The second kappa shape index (κ2) is 8.55. The fourth-order valence-corrected chi connectivity index (χ4v) is 4.25. The maximum Gasteiger partial charge on any atom is 0.266 e. The molecule has 2 aromatic carbocycles.